The number of halogens is 3. The van der Waals surface area contributed by atoms with Crippen molar-refractivity contribution in [3.05, 3.63) is 0 Å². The van der Waals surface area contributed by atoms with Crippen molar-refractivity contribution in [2.24, 2.45) is 0 Å². The van der Waals surface area contributed by atoms with Gasteiger partial charge in [-0.15, -0.1) is 0 Å². The summed E-state index contributed by atoms with van der Waals surface area (Å²) in [6.07, 6.45) is -0.597. The van der Waals surface area contributed by atoms with Crippen molar-refractivity contribution in [1.29, 1.82) is 0 Å². The third kappa shape index (κ3) is 4.12. The summed E-state index contributed by atoms with van der Waals surface area (Å²) in [5, 5.41) is 0. The largest absolute Gasteiger partial charge is 0.401 e. The highest BCUT2D eigenvalue weighted by Gasteiger charge is 2.35. The lowest BCUT2D eigenvalue weighted by Gasteiger charge is -2.29. The van der Waals surface area contributed by atoms with Gasteiger partial charge in [-0.3, -0.25) is 9.69 Å². The third-order valence-corrected chi connectivity index (χ3v) is 3.00. The summed E-state index contributed by atoms with van der Waals surface area (Å²) < 4.78 is 37.0. The van der Waals surface area contributed by atoms with Crippen molar-refractivity contribution >= 4 is 5.78 Å². The second-order valence-electron chi connectivity index (χ2n) is 4.26. The number of alkyl halides is 3. The molecule has 16 heavy (non-hydrogen) atoms. The Balaban J connectivity index is 2.65. The van der Waals surface area contributed by atoms with E-state index in [1.54, 1.807) is 6.92 Å². The number of hydrogen-bond acceptors (Lipinski definition) is 2. The van der Waals surface area contributed by atoms with Gasteiger partial charge in [0, 0.05) is 6.42 Å². The summed E-state index contributed by atoms with van der Waals surface area (Å²) in [7, 11) is 0. The molecule has 1 aliphatic carbocycles. The number of Topliss-reactive ketones (excluding diaryl/α,β-unsaturated/α-hetero) is 1. The van der Waals surface area contributed by atoms with Gasteiger partial charge in [0.05, 0.1) is 12.6 Å². The number of carbonyl (C=O) groups is 1. The molecule has 1 atom stereocenters. The summed E-state index contributed by atoms with van der Waals surface area (Å²) in [5.74, 6) is -0.0244. The van der Waals surface area contributed by atoms with Gasteiger partial charge >= 0.3 is 6.18 Å². The van der Waals surface area contributed by atoms with Crippen LogP contribution in [-0.4, -0.2) is 36.0 Å². The predicted molar refractivity (Wildman–Crippen MR) is 55.2 cm³/mol. The Bertz CT molecular complexity index is 240. The second-order valence-corrected chi connectivity index (χ2v) is 4.26. The Hall–Kier alpha value is -0.580. The van der Waals surface area contributed by atoms with E-state index < -0.39 is 18.8 Å². The minimum absolute atomic E-state index is 0.0244. The van der Waals surface area contributed by atoms with Crippen LogP contribution in [0, 0.1) is 0 Å². The Morgan fingerprint density at radius 2 is 2.00 bits per heavy atom. The van der Waals surface area contributed by atoms with Gasteiger partial charge < -0.3 is 0 Å². The zero-order valence-corrected chi connectivity index (χ0v) is 9.52. The zero-order valence-electron chi connectivity index (χ0n) is 9.52. The smallest absolute Gasteiger partial charge is 0.298 e. The van der Waals surface area contributed by atoms with E-state index in [4.69, 9.17) is 0 Å². The summed E-state index contributed by atoms with van der Waals surface area (Å²) in [5.41, 5.74) is 0. The molecule has 2 nitrogen and oxygen atoms in total. The lowest BCUT2D eigenvalue weighted by atomic mass is 10.1. The van der Waals surface area contributed by atoms with Gasteiger partial charge in [0.2, 0.25) is 0 Å². The Morgan fingerprint density at radius 3 is 2.56 bits per heavy atom. The molecule has 0 aromatic heterocycles. The van der Waals surface area contributed by atoms with Gasteiger partial charge in [0.1, 0.15) is 5.78 Å². The number of rotatable bonds is 3. The molecule has 0 radical (unpaired) electrons. The third-order valence-electron chi connectivity index (χ3n) is 3.00. The fraction of sp³-hybridized carbons (Fsp3) is 0.909. The van der Waals surface area contributed by atoms with Crippen LogP contribution in [0.1, 0.15) is 39.0 Å². The van der Waals surface area contributed by atoms with Crippen molar-refractivity contribution < 1.29 is 18.0 Å². The molecule has 0 aliphatic heterocycles. The highest BCUT2D eigenvalue weighted by Crippen LogP contribution is 2.23. The standard InChI is InChI=1S/C11H18F3NO/c1-2-15(8-11(12,13)14)9-6-4-3-5-7-10(9)16/h9H,2-8H2,1H3. The van der Waals surface area contributed by atoms with Gasteiger partial charge in [-0.05, 0) is 19.4 Å². The fourth-order valence-electron chi connectivity index (χ4n) is 2.20. The maximum Gasteiger partial charge on any atom is 0.401 e. The van der Waals surface area contributed by atoms with E-state index >= 15 is 0 Å². The maximum atomic E-state index is 12.3. The SMILES string of the molecule is CCN(CC(F)(F)F)C1CCCCCC1=O. The van der Waals surface area contributed by atoms with E-state index in [0.29, 0.717) is 12.8 Å². The molecule has 1 unspecified atom stereocenters. The Morgan fingerprint density at radius 1 is 1.31 bits per heavy atom. The summed E-state index contributed by atoms with van der Waals surface area (Å²) in [6.45, 7) is 0.972. The Labute approximate surface area is 93.8 Å². The molecular weight excluding hydrogens is 219 g/mol. The average Bonchev–Trinajstić information content (AvgIpc) is 2.38. The van der Waals surface area contributed by atoms with Gasteiger partial charge in [-0.2, -0.15) is 13.2 Å². The average molecular weight is 237 g/mol. The van der Waals surface area contributed by atoms with Crippen LogP contribution >= 0.6 is 0 Å². The predicted octanol–water partition coefficient (Wildman–Crippen LogP) is 2.77. The molecule has 1 aliphatic rings. The van der Waals surface area contributed by atoms with E-state index in [-0.39, 0.29) is 12.3 Å². The number of ketones is 1. The molecule has 94 valence electrons. The van der Waals surface area contributed by atoms with Crippen LogP contribution in [0.5, 0.6) is 0 Å². The molecule has 0 aromatic rings. The number of hydrogen-bond donors (Lipinski definition) is 0. The second kappa shape index (κ2) is 5.66. The van der Waals surface area contributed by atoms with Crippen molar-refractivity contribution in [2.45, 2.75) is 51.2 Å². The monoisotopic (exact) mass is 237 g/mol. The molecule has 0 aromatic carbocycles. The minimum Gasteiger partial charge on any atom is -0.298 e. The minimum atomic E-state index is -4.22. The van der Waals surface area contributed by atoms with Crippen LogP contribution in [-0.2, 0) is 4.79 Å². The first-order valence-corrected chi connectivity index (χ1v) is 5.77. The van der Waals surface area contributed by atoms with E-state index in [0.717, 1.165) is 19.3 Å². The number of nitrogens with zero attached hydrogens (tertiary/aromatic N) is 1. The Kier molecular flexibility index (Phi) is 4.77. The topological polar surface area (TPSA) is 20.3 Å². The normalized spacial score (nSPS) is 23.6. The highest BCUT2D eigenvalue weighted by molar-refractivity contribution is 5.84. The molecule has 0 N–H and O–H groups in total. The molecule has 1 rings (SSSR count). The van der Waals surface area contributed by atoms with Crippen molar-refractivity contribution in [2.75, 3.05) is 13.1 Å². The van der Waals surface area contributed by atoms with Crippen LogP contribution in [0.15, 0.2) is 0 Å². The highest BCUT2D eigenvalue weighted by atomic mass is 19.4. The van der Waals surface area contributed by atoms with Crippen molar-refractivity contribution in [3.63, 3.8) is 0 Å². The van der Waals surface area contributed by atoms with Crippen LogP contribution < -0.4 is 0 Å². The number of carbonyl (C=O) groups excluding carboxylic acids is 1. The summed E-state index contributed by atoms with van der Waals surface area (Å²) >= 11 is 0. The molecule has 0 bridgehead atoms. The lowest BCUT2D eigenvalue weighted by molar-refractivity contribution is -0.154. The summed E-state index contributed by atoms with van der Waals surface area (Å²) in [4.78, 5) is 12.9. The van der Waals surface area contributed by atoms with Crippen LogP contribution in [0.4, 0.5) is 13.2 Å². The van der Waals surface area contributed by atoms with Crippen molar-refractivity contribution in [1.82, 2.24) is 4.90 Å². The van der Waals surface area contributed by atoms with Crippen molar-refractivity contribution in [3.8, 4) is 0 Å². The van der Waals surface area contributed by atoms with Gasteiger partial charge in [0.15, 0.2) is 0 Å². The first kappa shape index (κ1) is 13.5. The molecule has 0 amide bonds. The van der Waals surface area contributed by atoms with Gasteiger partial charge in [-0.1, -0.05) is 19.8 Å². The van der Waals surface area contributed by atoms with E-state index in [9.17, 15) is 18.0 Å². The summed E-state index contributed by atoms with van der Waals surface area (Å²) in [6, 6.07) is -0.519. The molecule has 1 saturated carbocycles. The van der Waals surface area contributed by atoms with Crippen LogP contribution in [0.25, 0.3) is 0 Å². The molecule has 0 saturated heterocycles. The number of likely N-dealkylation sites (N-methyl/N-ethyl adjacent to an activating group) is 1. The zero-order chi connectivity index (χ0) is 12.2. The molecular formula is C11H18F3NO. The fourth-order valence-corrected chi connectivity index (χ4v) is 2.20. The quantitative estimate of drug-likeness (QED) is 0.703. The van der Waals surface area contributed by atoms with Gasteiger partial charge in [0.25, 0.3) is 0 Å². The molecule has 5 heteroatoms. The van der Waals surface area contributed by atoms with E-state index in [1.165, 1.54) is 4.90 Å². The van der Waals surface area contributed by atoms with Gasteiger partial charge in [-0.25, -0.2) is 0 Å². The lowest BCUT2D eigenvalue weighted by Crippen LogP contribution is -2.45. The van der Waals surface area contributed by atoms with E-state index in [2.05, 4.69) is 0 Å². The van der Waals surface area contributed by atoms with Crippen LogP contribution in [0.3, 0.4) is 0 Å². The molecule has 1 fully saturated rings. The molecule has 0 spiro atoms. The maximum absolute atomic E-state index is 12.3. The first-order valence-electron chi connectivity index (χ1n) is 5.77. The molecule has 0 heterocycles. The van der Waals surface area contributed by atoms with Crippen LogP contribution in [0.2, 0.25) is 0 Å². The van der Waals surface area contributed by atoms with E-state index in [1.807, 2.05) is 0 Å². The first-order chi connectivity index (χ1) is 7.44.